The second-order valence-corrected chi connectivity index (χ2v) is 3.16. The molecule has 0 saturated heterocycles. The molecule has 79 valence electrons. The first kappa shape index (κ1) is 11.3. The van der Waals surface area contributed by atoms with E-state index in [1.807, 2.05) is 0 Å². The molecule has 1 heterocycles. The van der Waals surface area contributed by atoms with E-state index in [2.05, 4.69) is 5.10 Å². The number of hydrogen-bond donors (Lipinski definition) is 0. The fourth-order valence-electron chi connectivity index (χ4n) is 0.762. The lowest BCUT2D eigenvalue weighted by Gasteiger charge is -2.05. The van der Waals surface area contributed by atoms with Crippen molar-refractivity contribution < 1.29 is 22.0 Å². The maximum Gasteiger partial charge on any atom is 0.290 e. The summed E-state index contributed by atoms with van der Waals surface area (Å²) >= 11 is -0.172. The summed E-state index contributed by atoms with van der Waals surface area (Å²) in [7, 11) is 0. The summed E-state index contributed by atoms with van der Waals surface area (Å²) < 4.78 is 60.6. The second-order valence-electron chi connectivity index (χ2n) is 2.18. The van der Waals surface area contributed by atoms with Gasteiger partial charge in [0.15, 0.2) is 12.0 Å². The molecule has 2 nitrogen and oxygen atoms in total. The molecule has 0 amide bonds. The van der Waals surface area contributed by atoms with Crippen molar-refractivity contribution in [3.63, 3.8) is 0 Å². The zero-order valence-corrected chi connectivity index (χ0v) is 7.37. The van der Waals surface area contributed by atoms with Crippen molar-refractivity contribution >= 4 is 11.8 Å². The number of nitrogens with zero attached hydrogens (tertiary/aromatic N) is 2. The van der Waals surface area contributed by atoms with Crippen molar-refractivity contribution in [2.75, 3.05) is 0 Å². The number of alkyl halides is 4. The maximum atomic E-state index is 12.7. The van der Waals surface area contributed by atoms with E-state index in [1.54, 1.807) is 6.20 Å². The summed E-state index contributed by atoms with van der Waals surface area (Å²) in [6, 6.07) is 0. The molecule has 1 aromatic heterocycles. The highest BCUT2D eigenvalue weighted by molar-refractivity contribution is 7.99. The van der Waals surface area contributed by atoms with Gasteiger partial charge in [-0.2, -0.15) is 13.9 Å². The van der Waals surface area contributed by atoms with Crippen molar-refractivity contribution in [3.05, 3.63) is 12.0 Å². The monoisotopic (exact) mass is 231 g/mol. The topological polar surface area (TPSA) is 17.8 Å². The smallest absolute Gasteiger partial charge is 0.249 e. The van der Waals surface area contributed by atoms with Gasteiger partial charge in [-0.3, -0.25) is 0 Å². The molecule has 14 heavy (non-hydrogen) atoms. The molecule has 1 radical (unpaired) electrons. The Morgan fingerprint density at radius 2 is 2.00 bits per heavy atom. The van der Waals surface area contributed by atoms with E-state index in [1.165, 1.54) is 0 Å². The number of thioether (sulfide) groups is 1. The largest absolute Gasteiger partial charge is 0.290 e. The number of aromatic nitrogens is 2. The standard InChI is InChI=1S/C6H4F5N2S/c7-3-1-12-13(2-4(8)9)5(3)14-6(10)11/h4,6H,2H2. The molecule has 0 aliphatic heterocycles. The molecule has 1 aromatic rings. The molecule has 0 spiro atoms. The minimum atomic E-state index is -2.88. The molecule has 0 N–H and O–H groups in total. The average Bonchev–Trinajstić information content (AvgIpc) is 2.34. The van der Waals surface area contributed by atoms with Gasteiger partial charge in [0.2, 0.25) is 0 Å². The van der Waals surface area contributed by atoms with Crippen molar-refractivity contribution in [3.8, 4) is 0 Å². The van der Waals surface area contributed by atoms with E-state index in [0.717, 1.165) is 0 Å². The predicted octanol–water partition coefficient (Wildman–Crippen LogP) is 2.40. The lowest BCUT2D eigenvalue weighted by Crippen LogP contribution is -2.09. The maximum absolute atomic E-state index is 12.7. The van der Waals surface area contributed by atoms with Crippen LogP contribution in [0, 0.1) is 12.0 Å². The van der Waals surface area contributed by atoms with Gasteiger partial charge in [-0.15, -0.1) is 0 Å². The zero-order chi connectivity index (χ0) is 10.7. The lowest BCUT2D eigenvalue weighted by molar-refractivity contribution is 0.117. The lowest BCUT2D eigenvalue weighted by atomic mass is 10.6. The van der Waals surface area contributed by atoms with Crippen LogP contribution in [0.15, 0.2) is 5.03 Å². The first-order chi connectivity index (χ1) is 6.50. The third kappa shape index (κ3) is 2.86. The Hall–Kier alpha value is -0.790. The summed E-state index contributed by atoms with van der Waals surface area (Å²) in [5, 5.41) is 2.47. The fraction of sp³-hybridized carbons (Fsp3) is 0.500. The Labute approximate surface area is 80.1 Å². The third-order valence-electron chi connectivity index (χ3n) is 1.20. The van der Waals surface area contributed by atoms with Gasteiger partial charge in [-0.25, -0.2) is 17.9 Å². The van der Waals surface area contributed by atoms with Crippen LogP contribution >= 0.6 is 11.8 Å². The van der Waals surface area contributed by atoms with Crippen LogP contribution in [0.3, 0.4) is 0 Å². The number of rotatable bonds is 4. The first-order valence-corrected chi connectivity index (χ1v) is 4.25. The summed E-state index contributed by atoms with van der Waals surface area (Å²) in [6.45, 7) is -0.921. The normalized spacial score (nSPS) is 11.6. The van der Waals surface area contributed by atoms with E-state index in [4.69, 9.17) is 0 Å². The van der Waals surface area contributed by atoms with Crippen LogP contribution in [-0.2, 0) is 6.54 Å². The highest BCUT2D eigenvalue weighted by Gasteiger charge is 2.19. The van der Waals surface area contributed by atoms with E-state index < -0.39 is 29.6 Å². The number of halogens is 5. The minimum Gasteiger partial charge on any atom is -0.249 e. The summed E-state index contributed by atoms with van der Waals surface area (Å²) in [6.07, 6.45) is -1.07. The van der Waals surface area contributed by atoms with Gasteiger partial charge in [-0.05, 0) is 11.8 Å². The third-order valence-corrected chi connectivity index (χ3v) is 1.99. The Kier molecular flexibility index (Phi) is 3.73. The SMILES string of the molecule is Fc1[c]nn(CC(F)F)c1SC(F)F. The van der Waals surface area contributed by atoms with Crippen LogP contribution in [0.5, 0.6) is 0 Å². The van der Waals surface area contributed by atoms with Gasteiger partial charge < -0.3 is 0 Å². The van der Waals surface area contributed by atoms with Crippen molar-refractivity contribution in [1.82, 2.24) is 9.78 Å². The highest BCUT2D eigenvalue weighted by Crippen LogP contribution is 2.27. The summed E-state index contributed by atoms with van der Waals surface area (Å²) in [5.41, 5.74) is 0. The van der Waals surface area contributed by atoms with Gasteiger partial charge in [0, 0.05) is 0 Å². The predicted molar refractivity (Wildman–Crippen MR) is 38.9 cm³/mol. The van der Waals surface area contributed by atoms with E-state index >= 15 is 0 Å². The van der Waals surface area contributed by atoms with Gasteiger partial charge in [0.05, 0.1) is 0 Å². The van der Waals surface area contributed by atoms with E-state index in [0.29, 0.717) is 4.68 Å². The Morgan fingerprint density at radius 3 is 2.50 bits per heavy atom. The Morgan fingerprint density at radius 1 is 1.36 bits per heavy atom. The van der Waals surface area contributed by atoms with Gasteiger partial charge in [-0.1, -0.05) is 0 Å². The molecule has 0 fully saturated rings. The van der Waals surface area contributed by atoms with E-state index in [-0.39, 0.29) is 11.8 Å². The Bertz CT molecular complexity index is 300. The van der Waals surface area contributed by atoms with Crippen LogP contribution in [0.2, 0.25) is 0 Å². The quantitative estimate of drug-likeness (QED) is 0.585. The second kappa shape index (κ2) is 4.63. The zero-order valence-electron chi connectivity index (χ0n) is 6.55. The molecule has 0 aliphatic rings. The minimum absolute atomic E-state index is 0.172. The highest BCUT2D eigenvalue weighted by atomic mass is 32.2. The van der Waals surface area contributed by atoms with Crippen LogP contribution in [0.1, 0.15) is 0 Å². The Balaban J connectivity index is 2.82. The molecule has 0 unspecified atom stereocenters. The van der Waals surface area contributed by atoms with Gasteiger partial charge >= 0.3 is 0 Å². The fourth-order valence-corrected chi connectivity index (χ4v) is 1.32. The van der Waals surface area contributed by atoms with Gasteiger partial charge in [0.1, 0.15) is 11.6 Å². The summed E-state index contributed by atoms with van der Waals surface area (Å²) in [4.78, 5) is 0. The van der Waals surface area contributed by atoms with Crippen LogP contribution in [0.25, 0.3) is 0 Å². The van der Waals surface area contributed by atoms with Crippen molar-refractivity contribution in [2.45, 2.75) is 23.8 Å². The van der Waals surface area contributed by atoms with Crippen LogP contribution < -0.4 is 0 Å². The molecule has 0 bridgehead atoms. The van der Waals surface area contributed by atoms with Crippen LogP contribution in [0.4, 0.5) is 22.0 Å². The molecule has 1 rings (SSSR count). The molecule has 0 aromatic carbocycles. The van der Waals surface area contributed by atoms with Gasteiger partial charge in [0.25, 0.3) is 12.2 Å². The van der Waals surface area contributed by atoms with Crippen molar-refractivity contribution in [1.29, 1.82) is 0 Å². The molecular weight excluding hydrogens is 227 g/mol. The van der Waals surface area contributed by atoms with Crippen LogP contribution in [-0.4, -0.2) is 22.0 Å². The molecule has 0 saturated carbocycles. The van der Waals surface area contributed by atoms with Crippen molar-refractivity contribution in [2.24, 2.45) is 0 Å². The molecular formula is C6H4F5N2S. The van der Waals surface area contributed by atoms with E-state index in [9.17, 15) is 22.0 Å². The average molecular weight is 231 g/mol. The first-order valence-electron chi connectivity index (χ1n) is 3.37. The number of hydrogen-bond acceptors (Lipinski definition) is 2. The molecule has 8 heteroatoms. The summed E-state index contributed by atoms with van der Waals surface area (Å²) in [5.74, 6) is -4.03. The molecule has 0 aliphatic carbocycles. The molecule has 0 atom stereocenters.